The quantitative estimate of drug-likeness (QED) is 0.632. The zero-order chi connectivity index (χ0) is 11.9. The lowest BCUT2D eigenvalue weighted by molar-refractivity contribution is -0.137. The summed E-state index contributed by atoms with van der Waals surface area (Å²) >= 11 is 0.815. The molecule has 0 aliphatic rings. The maximum atomic E-state index is 11.8. The topological polar surface area (TPSA) is 98.9 Å². The minimum absolute atomic E-state index is 0.00733. The highest BCUT2D eigenvalue weighted by molar-refractivity contribution is 8.55. The summed E-state index contributed by atoms with van der Waals surface area (Å²) in [4.78, 5) is 10.4. The van der Waals surface area contributed by atoms with E-state index in [1.165, 1.54) is 0 Å². The van der Waals surface area contributed by atoms with Crippen molar-refractivity contribution in [2.45, 2.75) is 19.9 Å². The van der Waals surface area contributed by atoms with Crippen LogP contribution in [-0.4, -0.2) is 36.1 Å². The molecule has 0 heterocycles. The number of hydrogen-bond acceptors (Lipinski definition) is 6. The summed E-state index contributed by atoms with van der Waals surface area (Å²) in [6.07, 6.45) is 0. The molecule has 0 spiro atoms. The lowest BCUT2D eigenvalue weighted by Gasteiger charge is -2.16. The summed E-state index contributed by atoms with van der Waals surface area (Å²) < 4.78 is 21.7. The second-order valence-electron chi connectivity index (χ2n) is 2.52. The molecule has 8 heteroatoms. The van der Waals surface area contributed by atoms with Gasteiger partial charge in [0, 0.05) is 5.75 Å². The van der Waals surface area contributed by atoms with Crippen molar-refractivity contribution in [3.8, 4) is 0 Å². The molecule has 0 aliphatic carbocycles. The molecule has 0 saturated heterocycles. The first-order valence-electron chi connectivity index (χ1n) is 4.47. The predicted octanol–water partition coefficient (Wildman–Crippen LogP) is 1.31. The van der Waals surface area contributed by atoms with Gasteiger partial charge in [-0.15, -0.1) is 0 Å². The predicted molar refractivity (Wildman–Crippen MR) is 58.9 cm³/mol. The lowest BCUT2D eigenvalue weighted by Crippen LogP contribution is -2.32. The van der Waals surface area contributed by atoms with Gasteiger partial charge in [-0.2, -0.15) is 0 Å². The van der Waals surface area contributed by atoms with Crippen LogP contribution >= 0.6 is 18.2 Å². The van der Waals surface area contributed by atoms with Crippen molar-refractivity contribution < 1.29 is 23.5 Å². The summed E-state index contributed by atoms with van der Waals surface area (Å²) in [5.74, 6) is -1.14. The van der Waals surface area contributed by atoms with Crippen LogP contribution in [0.25, 0.3) is 0 Å². The molecule has 0 amide bonds. The second-order valence-corrected chi connectivity index (χ2v) is 6.64. The summed E-state index contributed by atoms with van der Waals surface area (Å²) in [5, 5.41) is 8.53. The monoisotopic (exact) mass is 257 g/mol. The van der Waals surface area contributed by atoms with E-state index in [0.717, 1.165) is 11.4 Å². The summed E-state index contributed by atoms with van der Waals surface area (Å²) in [5.41, 5.74) is 5.26. The van der Waals surface area contributed by atoms with Crippen LogP contribution in [0.15, 0.2) is 0 Å². The number of carbonyl (C=O) groups is 1. The molecule has 1 atom stereocenters. The Hall–Kier alpha value is -0.0700. The van der Waals surface area contributed by atoms with Gasteiger partial charge in [0.25, 0.3) is 0 Å². The Balaban J connectivity index is 4.18. The molecule has 0 saturated carbocycles. The molecule has 0 rings (SSSR count). The summed E-state index contributed by atoms with van der Waals surface area (Å²) in [6, 6.07) is -1.07. The van der Waals surface area contributed by atoms with Crippen molar-refractivity contribution >= 4 is 24.1 Å². The number of nitrogens with two attached hydrogens (primary N) is 1. The first kappa shape index (κ1) is 14.9. The van der Waals surface area contributed by atoms with Crippen molar-refractivity contribution in [3.63, 3.8) is 0 Å². The van der Waals surface area contributed by atoms with Gasteiger partial charge in [0.2, 0.25) is 0 Å². The highest BCUT2D eigenvalue weighted by Crippen LogP contribution is 2.60. The molecule has 90 valence electrons. The smallest absolute Gasteiger partial charge is 0.389 e. The first-order chi connectivity index (χ1) is 6.95. The maximum absolute atomic E-state index is 11.8. The molecule has 0 aromatic rings. The van der Waals surface area contributed by atoms with E-state index in [1.807, 2.05) is 0 Å². The van der Waals surface area contributed by atoms with Crippen LogP contribution in [-0.2, 0) is 18.4 Å². The average Bonchev–Trinajstić information content (AvgIpc) is 2.15. The van der Waals surface area contributed by atoms with E-state index in [9.17, 15) is 9.36 Å². The van der Waals surface area contributed by atoms with Crippen LogP contribution in [0.1, 0.15) is 13.8 Å². The van der Waals surface area contributed by atoms with Crippen molar-refractivity contribution in [1.29, 1.82) is 0 Å². The van der Waals surface area contributed by atoms with Crippen molar-refractivity contribution in [1.82, 2.24) is 0 Å². The highest BCUT2D eigenvalue weighted by Gasteiger charge is 2.27. The van der Waals surface area contributed by atoms with E-state index in [0.29, 0.717) is 0 Å². The Morgan fingerprint density at radius 2 is 1.93 bits per heavy atom. The SMILES string of the molecule is CCOP(=O)(OCC)SC[C@H](N)C(=O)O. The Bertz CT molecular complexity index is 240. The van der Waals surface area contributed by atoms with Crippen LogP contribution in [0, 0.1) is 0 Å². The number of carboxylic acids is 1. The lowest BCUT2D eigenvalue weighted by atomic mass is 10.4. The Labute approximate surface area is 92.8 Å². The van der Waals surface area contributed by atoms with Gasteiger partial charge in [-0.25, -0.2) is 4.57 Å². The van der Waals surface area contributed by atoms with Crippen molar-refractivity contribution in [3.05, 3.63) is 0 Å². The molecule has 0 bridgehead atoms. The Kier molecular flexibility index (Phi) is 7.21. The molecule has 0 radical (unpaired) electrons. The normalized spacial score (nSPS) is 13.8. The fourth-order valence-corrected chi connectivity index (χ4v) is 4.12. The average molecular weight is 257 g/mol. The Morgan fingerprint density at radius 3 is 2.27 bits per heavy atom. The van der Waals surface area contributed by atoms with Gasteiger partial charge in [-0.3, -0.25) is 4.79 Å². The van der Waals surface area contributed by atoms with E-state index >= 15 is 0 Å². The third-order valence-electron chi connectivity index (χ3n) is 1.30. The molecular formula is C7H16NO5PS. The van der Waals surface area contributed by atoms with Crippen molar-refractivity contribution in [2.75, 3.05) is 19.0 Å². The van der Waals surface area contributed by atoms with Crippen LogP contribution < -0.4 is 5.73 Å². The third kappa shape index (κ3) is 6.17. The summed E-state index contributed by atoms with van der Waals surface area (Å²) in [6.45, 7) is 0.613. The minimum atomic E-state index is -3.24. The minimum Gasteiger partial charge on any atom is -0.480 e. The van der Waals surface area contributed by atoms with Crippen LogP contribution in [0.3, 0.4) is 0 Å². The van der Waals surface area contributed by atoms with E-state index in [2.05, 4.69) is 0 Å². The zero-order valence-corrected chi connectivity index (χ0v) is 10.4. The molecule has 0 aliphatic heterocycles. The van der Waals surface area contributed by atoms with Gasteiger partial charge in [0.15, 0.2) is 0 Å². The standard InChI is InChI=1S/C7H16NO5PS/c1-3-12-14(11,13-4-2)15-5-6(8)7(9)10/h6H,3-5,8H2,1-2H3,(H,9,10)/t6-/m0/s1. The molecule has 0 aromatic heterocycles. The van der Waals surface area contributed by atoms with Gasteiger partial charge in [0.05, 0.1) is 13.2 Å². The van der Waals surface area contributed by atoms with E-state index < -0.39 is 18.8 Å². The van der Waals surface area contributed by atoms with Crippen molar-refractivity contribution in [2.24, 2.45) is 5.73 Å². The molecule has 15 heavy (non-hydrogen) atoms. The number of carboxylic acid groups (broad SMARTS) is 1. The summed E-state index contributed by atoms with van der Waals surface area (Å²) in [7, 11) is 0. The van der Waals surface area contributed by atoms with Gasteiger partial charge in [0.1, 0.15) is 6.04 Å². The van der Waals surface area contributed by atoms with Gasteiger partial charge >= 0.3 is 12.8 Å². The maximum Gasteiger partial charge on any atom is 0.389 e. The Morgan fingerprint density at radius 1 is 1.47 bits per heavy atom. The second kappa shape index (κ2) is 7.24. The zero-order valence-electron chi connectivity index (χ0n) is 8.71. The van der Waals surface area contributed by atoms with Gasteiger partial charge < -0.3 is 19.9 Å². The number of rotatable bonds is 8. The molecule has 0 unspecified atom stereocenters. The molecule has 3 N–H and O–H groups in total. The van der Waals surface area contributed by atoms with Crippen LogP contribution in [0.4, 0.5) is 0 Å². The fraction of sp³-hybridized carbons (Fsp3) is 0.857. The number of aliphatic carboxylic acids is 1. The molecule has 6 nitrogen and oxygen atoms in total. The molecular weight excluding hydrogens is 241 g/mol. The fourth-order valence-electron chi connectivity index (χ4n) is 0.671. The van der Waals surface area contributed by atoms with Crippen LogP contribution in [0.5, 0.6) is 0 Å². The van der Waals surface area contributed by atoms with E-state index in [4.69, 9.17) is 19.9 Å². The molecule has 0 fully saturated rings. The highest BCUT2D eigenvalue weighted by atomic mass is 32.7. The van der Waals surface area contributed by atoms with E-state index in [1.54, 1.807) is 13.8 Å². The van der Waals surface area contributed by atoms with E-state index in [-0.39, 0.29) is 19.0 Å². The van der Waals surface area contributed by atoms with Gasteiger partial charge in [-0.05, 0) is 25.2 Å². The molecule has 0 aromatic carbocycles. The van der Waals surface area contributed by atoms with Gasteiger partial charge in [-0.1, -0.05) is 0 Å². The number of hydrogen-bond donors (Lipinski definition) is 2. The first-order valence-corrected chi connectivity index (χ1v) is 7.60. The third-order valence-corrected chi connectivity index (χ3v) is 5.31. The van der Waals surface area contributed by atoms with Crippen LogP contribution in [0.2, 0.25) is 0 Å². The largest absolute Gasteiger partial charge is 0.480 e.